The fraction of sp³-hybridized carbons (Fsp3) is 0.0500. The Morgan fingerprint density at radius 3 is 2.41 bits per heavy atom. The zero-order chi connectivity index (χ0) is 15.1. The predicted molar refractivity (Wildman–Crippen MR) is 90.5 cm³/mol. The summed E-state index contributed by atoms with van der Waals surface area (Å²) < 4.78 is 2.12. The summed E-state index contributed by atoms with van der Waals surface area (Å²) in [5.41, 5.74) is 4.94. The lowest BCUT2D eigenvalue weighted by Gasteiger charge is -2.06. The number of rotatable bonds is 2. The van der Waals surface area contributed by atoms with Gasteiger partial charge in [0.05, 0.1) is 5.52 Å². The number of benzene rings is 2. The second kappa shape index (κ2) is 4.85. The minimum Gasteiger partial charge on any atom is -0.319 e. The third-order valence-corrected chi connectivity index (χ3v) is 4.30. The SMILES string of the molecule is Cc1c(C=O)c(-c2ccccc2)c2c3ccccc3ccn12. The molecule has 106 valence electrons. The second-order valence-corrected chi connectivity index (χ2v) is 5.48. The van der Waals surface area contributed by atoms with E-state index in [1.165, 1.54) is 10.8 Å². The number of hydrogen-bond donors (Lipinski definition) is 0. The van der Waals surface area contributed by atoms with Gasteiger partial charge in [-0.3, -0.25) is 4.79 Å². The molecule has 2 heterocycles. The van der Waals surface area contributed by atoms with Crippen molar-refractivity contribution < 1.29 is 4.79 Å². The Bertz CT molecular complexity index is 997. The Hall–Kier alpha value is -2.87. The van der Waals surface area contributed by atoms with Crippen molar-refractivity contribution in [1.82, 2.24) is 4.40 Å². The molecule has 0 spiro atoms. The van der Waals surface area contributed by atoms with E-state index in [1.807, 2.05) is 43.5 Å². The van der Waals surface area contributed by atoms with Crippen LogP contribution in [0.15, 0.2) is 66.9 Å². The van der Waals surface area contributed by atoms with E-state index in [4.69, 9.17) is 0 Å². The Labute approximate surface area is 128 Å². The van der Waals surface area contributed by atoms with E-state index in [9.17, 15) is 4.79 Å². The van der Waals surface area contributed by atoms with Crippen LogP contribution in [0.2, 0.25) is 0 Å². The van der Waals surface area contributed by atoms with Crippen molar-refractivity contribution >= 4 is 22.6 Å². The molecule has 2 nitrogen and oxygen atoms in total. The molecule has 0 aliphatic heterocycles. The lowest BCUT2D eigenvalue weighted by atomic mass is 10.00. The van der Waals surface area contributed by atoms with Gasteiger partial charge in [-0.15, -0.1) is 0 Å². The van der Waals surface area contributed by atoms with Crippen LogP contribution in [0.4, 0.5) is 0 Å². The molecule has 0 radical (unpaired) electrons. The number of carbonyl (C=O) groups excluding carboxylic acids is 1. The smallest absolute Gasteiger partial charge is 0.152 e. The van der Waals surface area contributed by atoms with Crippen LogP contribution < -0.4 is 0 Å². The quantitative estimate of drug-likeness (QED) is 0.481. The van der Waals surface area contributed by atoms with Gasteiger partial charge in [-0.2, -0.15) is 0 Å². The molecule has 22 heavy (non-hydrogen) atoms. The molecule has 0 bridgehead atoms. The van der Waals surface area contributed by atoms with Gasteiger partial charge in [-0.05, 0) is 23.9 Å². The lowest BCUT2D eigenvalue weighted by Crippen LogP contribution is -1.88. The highest BCUT2D eigenvalue weighted by atomic mass is 16.1. The number of hydrogen-bond acceptors (Lipinski definition) is 1. The van der Waals surface area contributed by atoms with Crippen LogP contribution in [0.1, 0.15) is 16.1 Å². The van der Waals surface area contributed by atoms with Crippen molar-refractivity contribution in [3.8, 4) is 11.1 Å². The lowest BCUT2D eigenvalue weighted by molar-refractivity contribution is 0.112. The Balaban J connectivity index is 2.26. The Morgan fingerprint density at radius 2 is 1.64 bits per heavy atom. The first-order chi connectivity index (χ1) is 10.8. The van der Waals surface area contributed by atoms with Gasteiger partial charge in [0.2, 0.25) is 0 Å². The summed E-state index contributed by atoms with van der Waals surface area (Å²) in [6, 6.07) is 20.5. The maximum Gasteiger partial charge on any atom is 0.152 e. The van der Waals surface area contributed by atoms with E-state index >= 15 is 0 Å². The van der Waals surface area contributed by atoms with Crippen molar-refractivity contribution in [2.45, 2.75) is 6.92 Å². The van der Waals surface area contributed by atoms with Gasteiger partial charge < -0.3 is 4.40 Å². The third-order valence-electron chi connectivity index (χ3n) is 4.30. The van der Waals surface area contributed by atoms with Crippen LogP contribution in [0.25, 0.3) is 27.4 Å². The summed E-state index contributed by atoms with van der Waals surface area (Å²) in [5, 5.41) is 2.35. The van der Waals surface area contributed by atoms with Crippen molar-refractivity contribution in [3.05, 3.63) is 78.1 Å². The summed E-state index contributed by atoms with van der Waals surface area (Å²) in [5.74, 6) is 0. The highest BCUT2D eigenvalue weighted by molar-refractivity contribution is 6.08. The minimum absolute atomic E-state index is 0.766. The van der Waals surface area contributed by atoms with E-state index in [0.29, 0.717) is 0 Å². The number of aromatic nitrogens is 1. The number of pyridine rings is 1. The standard InChI is InChI=1S/C20H15NO/c1-14-18(13-22)19(16-8-3-2-4-9-16)20-17-10-6-5-7-15(17)11-12-21(14)20/h2-13H,1H3. The van der Waals surface area contributed by atoms with E-state index in [1.54, 1.807) is 0 Å². The molecule has 2 aromatic carbocycles. The first-order valence-electron chi connectivity index (χ1n) is 7.34. The van der Waals surface area contributed by atoms with Crippen molar-refractivity contribution in [3.63, 3.8) is 0 Å². The zero-order valence-corrected chi connectivity index (χ0v) is 12.3. The first kappa shape index (κ1) is 12.8. The molecule has 0 saturated carbocycles. The van der Waals surface area contributed by atoms with Crippen molar-refractivity contribution in [1.29, 1.82) is 0 Å². The summed E-state index contributed by atoms with van der Waals surface area (Å²) in [4.78, 5) is 11.7. The molecular weight excluding hydrogens is 270 g/mol. The topological polar surface area (TPSA) is 21.5 Å². The number of aryl methyl sites for hydroxylation is 1. The largest absolute Gasteiger partial charge is 0.319 e. The molecule has 0 atom stereocenters. The molecule has 2 heteroatoms. The van der Waals surface area contributed by atoms with Crippen molar-refractivity contribution in [2.75, 3.05) is 0 Å². The van der Waals surface area contributed by atoms with Crippen LogP contribution in [0.5, 0.6) is 0 Å². The van der Waals surface area contributed by atoms with Crippen LogP contribution >= 0.6 is 0 Å². The van der Waals surface area contributed by atoms with E-state index in [-0.39, 0.29) is 0 Å². The molecule has 0 amide bonds. The van der Waals surface area contributed by atoms with Crippen molar-refractivity contribution in [2.24, 2.45) is 0 Å². The minimum atomic E-state index is 0.766. The highest BCUT2D eigenvalue weighted by Gasteiger charge is 2.18. The molecule has 0 aliphatic rings. The Kier molecular flexibility index (Phi) is 2.83. The summed E-state index contributed by atoms with van der Waals surface area (Å²) in [6.45, 7) is 2.00. The maximum atomic E-state index is 11.7. The normalized spacial score (nSPS) is 11.1. The summed E-state index contributed by atoms with van der Waals surface area (Å²) >= 11 is 0. The zero-order valence-electron chi connectivity index (χ0n) is 12.3. The van der Waals surface area contributed by atoms with Crippen LogP contribution in [-0.4, -0.2) is 10.7 Å². The van der Waals surface area contributed by atoms with Gasteiger partial charge in [0, 0.05) is 28.4 Å². The number of aldehydes is 1. The van der Waals surface area contributed by atoms with Gasteiger partial charge >= 0.3 is 0 Å². The molecule has 0 aliphatic carbocycles. The fourth-order valence-corrected chi connectivity index (χ4v) is 3.23. The third kappa shape index (κ3) is 1.70. The van der Waals surface area contributed by atoms with Gasteiger partial charge in [0.25, 0.3) is 0 Å². The van der Waals surface area contributed by atoms with Gasteiger partial charge in [0.1, 0.15) is 0 Å². The fourth-order valence-electron chi connectivity index (χ4n) is 3.23. The van der Waals surface area contributed by atoms with E-state index in [0.717, 1.165) is 34.2 Å². The molecule has 0 N–H and O–H groups in total. The molecule has 0 unspecified atom stereocenters. The average Bonchev–Trinajstić information content (AvgIpc) is 2.88. The molecule has 0 fully saturated rings. The predicted octanol–water partition coefficient (Wildman–Crippen LogP) is 4.88. The molecule has 4 rings (SSSR count). The van der Waals surface area contributed by atoms with Crippen LogP contribution in [-0.2, 0) is 0 Å². The number of fused-ring (bicyclic) bond motifs is 3. The molecule has 4 aromatic rings. The maximum absolute atomic E-state index is 11.7. The van der Waals surface area contributed by atoms with Crippen LogP contribution in [0.3, 0.4) is 0 Å². The monoisotopic (exact) mass is 285 g/mol. The molecule has 0 saturated heterocycles. The van der Waals surface area contributed by atoms with E-state index < -0.39 is 0 Å². The molecule has 2 aromatic heterocycles. The Morgan fingerprint density at radius 1 is 0.909 bits per heavy atom. The second-order valence-electron chi connectivity index (χ2n) is 5.48. The number of nitrogens with zero attached hydrogens (tertiary/aromatic N) is 1. The van der Waals surface area contributed by atoms with E-state index in [2.05, 4.69) is 34.7 Å². The molecular formula is C20H15NO. The van der Waals surface area contributed by atoms with Crippen LogP contribution in [0, 0.1) is 6.92 Å². The summed E-state index contributed by atoms with van der Waals surface area (Å²) in [6.07, 6.45) is 3.02. The first-order valence-corrected chi connectivity index (χ1v) is 7.34. The highest BCUT2D eigenvalue weighted by Crippen LogP contribution is 2.36. The average molecular weight is 285 g/mol. The summed E-state index contributed by atoms with van der Waals surface area (Å²) in [7, 11) is 0. The van der Waals surface area contributed by atoms with Gasteiger partial charge in [0.15, 0.2) is 6.29 Å². The number of carbonyl (C=O) groups is 1. The van der Waals surface area contributed by atoms with Gasteiger partial charge in [-0.25, -0.2) is 0 Å². The van der Waals surface area contributed by atoms with Gasteiger partial charge in [-0.1, -0.05) is 54.6 Å².